The molecule has 0 saturated carbocycles. The second kappa shape index (κ2) is 5.79. The predicted octanol–water partition coefficient (Wildman–Crippen LogP) is 2.30. The van der Waals surface area contributed by atoms with Gasteiger partial charge in [-0.2, -0.15) is 0 Å². The van der Waals surface area contributed by atoms with Crippen molar-refractivity contribution in [3.8, 4) is 0 Å². The molecule has 0 unspecified atom stereocenters. The van der Waals surface area contributed by atoms with Gasteiger partial charge in [-0.1, -0.05) is 0 Å². The van der Waals surface area contributed by atoms with Crippen molar-refractivity contribution in [2.75, 3.05) is 11.9 Å². The first-order valence-corrected chi connectivity index (χ1v) is 4.76. The molecule has 0 fully saturated rings. The fraction of sp³-hybridized carbons (Fsp3) is 0.400. The monoisotopic (exact) mass is 263 g/mol. The van der Waals surface area contributed by atoms with Crippen molar-refractivity contribution in [3.05, 3.63) is 34.1 Å². The van der Waals surface area contributed by atoms with Crippen molar-refractivity contribution >= 4 is 23.8 Å². The summed E-state index contributed by atoms with van der Waals surface area (Å²) in [5, 5.41) is 13.5. The molecule has 5 nitrogen and oxygen atoms in total. The molecule has 0 radical (unpaired) electrons. The van der Waals surface area contributed by atoms with Crippen LogP contribution in [0.3, 0.4) is 0 Å². The van der Waals surface area contributed by atoms with Gasteiger partial charge in [0.1, 0.15) is 11.5 Å². The minimum Gasteiger partial charge on any atom is -0.378 e. The van der Waals surface area contributed by atoms with E-state index in [2.05, 4.69) is 5.32 Å². The molecule has 3 N–H and O–H groups in total. The lowest BCUT2D eigenvalue weighted by Gasteiger charge is -2.19. The van der Waals surface area contributed by atoms with E-state index < -0.39 is 16.3 Å². The summed E-state index contributed by atoms with van der Waals surface area (Å²) in [6.45, 7) is 3.93. The van der Waals surface area contributed by atoms with E-state index in [-0.39, 0.29) is 23.8 Å². The van der Waals surface area contributed by atoms with Gasteiger partial charge < -0.3 is 11.1 Å². The van der Waals surface area contributed by atoms with E-state index in [0.29, 0.717) is 6.54 Å². The van der Waals surface area contributed by atoms with E-state index >= 15 is 0 Å². The highest BCUT2D eigenvalue weighted by Gasteiger charge is 2.17. The highest BCUT2D eigenvalue weighted by molar-refractivity contribution is 5.85. The highest BCUT2D eigenvalue weighted by atomic mass is 35.5. The lowest BCUT2D eigenvalue weighted by molar-refractivity contribution is -0.384. The van der Waals surface area contributed by atoms with Crippen LogP contribution in [0, 0.1) is 15.9 Å². The van der Waals surface area contributed by atoms with Crippen LogP contribution in [0.25, 0.3) is 0 Å². The summed E-state index contributed by atoms with van der Waals surface area (Å²) in [4.78, 5) is 10.0. The van der Waals surface area contributed by atoms with Gasteiger partial charge >= 0.3 is 0 Å². The number of nitrogens with zero attached hydrogens (tertiary/aromatic N) is 1. The van der Waals surface area contributed by atoms with E-state index in [0.717, 1.165) is 6.07 Å². The largest absolute Gasteiger partial charge is 0.378 e. The number of halogens is 2. The normalized spacial score (nSPS) is 10.6. The van der Waals surface area contributed by atoms with E-state index in [1.807, 2.05) is 0 Å². The third-order valence-electron chi connectivity index (χ3n) is 1.89. The van der Waals surface area contributed by atoms with E-state index in [1.54, 1.807) is 13.8 Å². The van der Waals surface area contributed by atoms with Crippen LogP contribution >= 0.6 is 12.4 Å². The Morgan fingerprint density at radius 3 is 2.59 bits per heavy atom. The van der Waals surface area contributed by atoms with Crippen LogP contribution in [-0.2, 0) is 0 Å². The van der Waals surface area contributed by atoms with Crippen molar-refractivity contribution < 1.29 is 9.31 Å². The first-order valence-electron chi connectivity index (χ1n) is 4.76. The molecule has 1 rings (SSSR count). The average molecular weight is 264 g/mol. The summed E-state index contributed by atoms with van der Waals surface area (Å²) in [6, 6.07) is 3.38. The van der Waals surface area contributed by atoms with Crippen LogP contribution in [0.1, 0.15) is 13.8 Å². The average Bonchev–Trinajstić information content (AvgIpc) is 2.14. The molecule has 1 aromatic rings. The number of hydrogen-bond acceptors (Lipinski definition) is 4. The Bertz CT molecular complexity index is 407. The number of benzene rings is 1. The third kappa shape index (κ3) is 4.97. The lowest BCUT2D eigenvalue weighted by Crippen LogP contribution is -2.39. The predicted molar refractivity (Wildman–Crippen MR) is 67.1 cm³/mol. The van der Waals surface area contributed by atoms with Crippen LogP contribution < -0.4 is 11.1 Å². The zero-order chi connectivity index (χ0) is 12.3. The number of nitro benzene ring substituents is 1. The molecular weight excluding hydrogens is 249 g/mol. The molecule has 0 bridgehead atoms. The van der Waals surface area contributed by atoms with Gasteiger partial charge in [0.15, 0.2) is 0 Å². The van der Waals surface area contributed by atoms with Gasteiger partial charge in [0.05, 0.1) is 11.0 Å². The molecule has 7 heteroatoms. The third-order valence-corrected chi connectivity index (χ3v) is 1.89. The fourth-order valence-electron chi connectivity index (χ4n) is 1.13. The van der Waals surface area contributed by atoms with Crippen LogP contribution in [0.15, 0.2) is 18.2 Å². The zero-order valence-electron chi connectivity index (χ0n) is 9.57. The topological polar surface area (TPSA) is 81.2 Å². The molecule has 96 valence electrons. The van der Waals surface area contributed by atoms with Crippen molar-refractivity contribution in [2.45, 2.75) is 19.4 Å². The Hall–Kier alpha value is -1.40. The Labute approximate surface area is 105 Å². The summed E-state index contributed by atoms with van der Waals surface area (Å²) in [5.74, 6) is -0.635. The van der Waals surface area contributed by atoms with Gasteiger partial charge in [-0.15, -0.1) is 12.4 Å². The molecule has 0 aliphatic heterocycles. The van der Waals surface area contributed by atoms with E-state index in [1.165, 1.54) is 12.1 Å². The second-order valence-electron chi connectivity index (χ2n) is 4.26. The molecule has 17 heavy (non-hydrogen) atoms. The minimum absolute atomic E-state index is 0. The zero-order valence-corrected chi connectivity index (χ0v) is 10.4. The van der Waals surface area contributed by atoms with Crippen molar-refractivity contribution in [1.82, 2.24) is 0 Å². The Morgan fingerprint density at radius 1 is 1.53 bits per heavy atom. The van der Waals surface area contributed by atoms with Crippen molar-refractivity contribution in [3.63, 3.8) is 0 Å². The van der Waals surface area contributed by atoms with Gasteiger partial charge in [0, 0.05) is 12.1 Å². The molecule has 0 aliphatic carbocycles. The van der Waals surface area contributed by atoms with Gasteiger partial charge in [-0.05, 0) is 26.0 Å². The van der Waals surface area contributed by atoms with Gasteiger partial charge in [0.2, 0.25) is 0 Å². The van der Waals surface area contributed by atoms with Crippen molar-refractivity contribution in [2.24, 2.45) is 5.73 Å². The minimum atomic E-state index is -0.635. The molecule has 1 aromatic carbocycles. The Balaban J connectivity index is 0.00000256. The summed E-state index contributed by atoms with van der Waals surface area (Å²) in [6.07, 6.45) is 0. The molecular formula is C10H15ClFN3O2. The maximum atomic E-state index is 12.8. The summed E-state index contributed by atoms with van der Waals surface area (Å²) >= 11 is 0. The highest BCUT2D eigenvalue weighted by Crippen LogP contribution is 2.25. The Kier molecular flexibility index (Phi) is 5.31. The lowest BCUT2D eigenvalue weighted by atomic mass is 10.1. The van der Waals surface area contributed by atoms with Crippen LogP contribution in [0.2, 0.25) is 0 Å². The van der Waals surface area contributed by atoms with Gasteiger partial charge in [-0.25, -0.2) is 4.39 Å². The number of hydrogen-bond donors (Lipinski definition) is 2. The van der Waals surface area contributed by atoms with Crippen LogP contribution in [-0.4, -0.2) is 17.0 Å². The summed E-state index contributed by atoms with van der Waals surface area (Å²) in [7, 11) is 0. The van der Waals surface area contributed by atoms with Crippen LogP contribution in [0.5, 0.6) is 0 Å². The first kappa shape index (κ1) is 15.6. The quantitative estimate of drug-likeness (QED) is 0.645. The second-order valence-corrected chi connectivity index (χ2v) is 4.26. The maximum absolute atomic E-state index is 12.8. The molecule has 0 heterocycles. The van der Waals surface area contributed by atoms with Crippen molar-refractivity contribution in [1.29, 1.82) is 0 Å². The first-order chi connectivity index (χ1) is 7.29. The van der Waals surface area contributed by atoms with Crippen LogP contribution in [0.4, 0.5) is 15.8 Å². The SMILES string of the molecule is CC(C)(N)CNc1ccc(F)cc1[N+](=O)[O-].Cl. The maximum Gasteiger partial charge on any atom is 0.295 e. The Morgan fingerprint density at radius 2 is 2.12 bits per heavy atom. The smallest absolute Gasteiger partial charge is 0.295 e. The number of rotatable bonds is 4. The number of nitro groups is 1. The standard InChI is InChI=1S/C10H14FN3O2.ClH/c1-10(2,12)6-13-8-4-3-7(11)5-9(8)14(15)16;/h3-5,13H,6,12H2,1-2H3;1H. The number of anilines is 1. The fourth-order valence-corrected chi connectivity index (χ4v) is 1.13. The molecule has 0 saturated heterocycles. The molecule has 0 aromatic heterocycles. The molecule has 0 spiro atoms. The van der Waals surface area contributed by atoms with Gasteiger partial charge in [0.25, 0.3) is 5.69 Å². The summed E-state index contributed by atoms with van der Waals surface area (Å²) in [5.41, 5.74) is 5.22. The molecule has 0 aliphatic rings. The molecule has 0 atom stereocenters. The van der Waals surface area contributed by atoms with E-state index in [9.17, 15) is 14.5 Å². The number of nitrogens with one attached hydrogen (secondary N) is 1. The summed E-state index contributed by atoms with van der Waals surface area (Å²) < 4.78 is 12.8. The molecule has 0 amide bonds. The van der Waals surface area contributed by atoms with Gasteiger partial charge in [-0.3, -0.25) is 10.1 Å². The number of nitrogens with two attached hydrogens (primary N) is 1. The van der Waals surface area contributed by atoms with E-state index in [4.69, 9.17) is 5.73 Å².